The average molecular weight is 440 g/mol. The molecule has 162 valence electrons. The Bertz CT molecular complexity index is 1010. The third kappa shape index (κ3) is 3.87. The topological polar surface area (TPSA) is 79.0 Å². The molecule has 1 N–H and O–H groups in total. The number of nitrogens with one attached hydrogen (secondary N) is 1. The zero-order valence-corrected chi connectivity index (χ0v) is 18.4. The molecule has 1 atom stereocenters. The minimum atomic E-state index is -1.12. The fourth-order valence-electron chi connectivity index (χ4n) is 4.06. The lowest BCUT2D eigenvalue weighted by Gasteiger charge is -2.28. The first-order valence-corrected chi connectivity index (χ1v) is 11.2. The second kappa shape index (κ2) is 8.63. The van der Waals surface area contributed by atoms with Gasteiger partial charge >= 0.3 is 5.97 Å². The highest BCUT2D eigenvalue weighted by atomic mass is 32.2. The van der Waals surface area contributed by atoms with E-state index in [1.165, 1.54) is 16.7 Å². The fraction of sp³-hybridized carbons (Fsp3) is 0.348. The van der Waals surface area contributed by atoms with Gasteiger partial charge in [0.2, 0.25) is 5.91 Å². The van der Waals surface area contributed by atoms with Gasteiger partial charge in [-0.1, -0.05) is 23.9 Å². The Morgan fingerprint density at radius 1 is 1.13 bits per heavy atom. The standard InChI is InChI=1S/C23H25N3O4S/c1-3-25(4-2)17-11-9-16(10-12-17)24-20(27)15-30-22(29)23-14-13-21(28)26(23)18-7-5-6-8-19(18)31-23/h5-12H,3-4,13-15H2,1-2H3,(H,24,27)/t23-/m1/s1. The van der Waals surface area contributed by atoms with Crippen molar-refractivity contribution in [2.45, 2.75) is 36.5 Å². The zero-order valence-electron chi connectivity index (χ0n) is 17.6. The van der Waals surface area contributed by atoms with E-state index in [1.807, 2.05) is 48.5 Å². The van der Waals surface area contributed by atoms with Crippen molar-refractivity contribution in [2.75, 3.05) is 34.8 Å². The monoisotopic (exact) mass is 439 g/mol. The predicted octanol–water partition coefficient (Wildman–Crippen LogP) is 3.64. The van der Waals surface area contributed by atoms with Gasteiger partial charge in [0.05, 0.1) is 5.69 Å². The Kier molecular flexibility index (Phi) is 5.91. The molecule has 0 radical (unpaired) electrons. The largest absolute Gasteiger partial charge is 0.453 e. The predicted molar refractivity (Wildman–Crippen MR) is 121 cm³/mol. The smallest absolute Gasteiger partial charge is 0.344 e. The summed E-state index contributed by atoms with van der Waals surface area (Å²) < 4.78 is 5.37. The van der Waals surface area contributed by atoms with Crippen LogP contribution in [0.5, 0.6) is 0 Å². The summed E-state index contributed by atoms with van der Waals surface area (Å²) in [6.45, 7) is 5.58. The molecule has 0 aliphatic carbocycles. The third-order valence-electron chi connectivity index (χ3n) is 5.61. The Morgan fingerprint density at radius 2 is 1.84 bits per heavy atom. The molecule has 2 aromatic rings. The van der Waals surface area contributed by atoms with Crippen molar-refractivity contribution >= 4 is 46.6 Å². The first kappa shape index (κ1) is 21.2. The lowest BCUT2D eigenvalue weighted by molar-refractivity contribution is -0.149. The summed E-state index contributed by atoms with van der Waals surface area (Å²) in [7, 11) is 0. The van der Waals surface area contributed by atoms with E-state index < -0.39 is 23.4 Å². The van der Waals surface area contributed by atoms with Gasteiger partial charge in [-0.15, -0.1) is 0 Å². The van der Waals surface area contributed by atoms with Crippen LogP contribution in [0.3, 0.4) is 0 Å². The number of anilines is 3. The van der Waals surface area contributed by atoms with E-state index in [1.54, 1.807) is 0 Å². The molecule has 7 nitrogen and oxygen atoms in total. The van der Waals surface area contributed by atoms with Crippen LogP contribution < -0.4 is 15.1 Å². The Labute approximate surface area is 185 Å². The Morgan fingerprint density at radius 3 is 2.55 bits per heavy atom. The fourth-order valence-corrected chi connectivity index (χ4v) is 5.47. The highest BCUT2D eigenvalue weighted by molar-refractivity contribution is 8.02. The maximum Gasteiger partial charge on any atom is 0.344 e. The summed E-state index contributed by atoms with van der Waals surface area (Å²) in [6.07, 6.45) is 0.639. The molecule has 0 saturated carbocycles. The van der Waals surface area contributed by atoms with Crippen LogP contribution in [0.15, 0.2) is 53.4 Å². The maximum atomic E-state index is 13.0. The SMILES string of the molecule is CCN(CC)c1ccc(NC(=O)COC(=O)[C@]23CCC(=O)N2c2ccccc2S3)cc1. The van der Waals surface area contributed by atoms with Gasteiger partial charge in [0, 0.05) is 42.2 Å². The van der Waals surface area contributed by atoms with Crippen molar-refractivity contribution < 1.29 is 19.1 Å². The van der Waals surface area contributed by atoms with Gasteiger partial charge in [0.15, 0.2) is 11.5 Å². The molecular weight excluding hydrogens is 414 g/mol. The van der Waals surface area contributed by atoms with Crippen LogP contribution in [0, 0.1) is 0 Å². The molecule has 0 aromatic heterocycles. The maximum absolute atomic E-state index is 13.0. The number of esters is 1. The third-order valence-corrected chi connectivity index (χ3v) is 7.06. The minimum absolute atomic E-state index is 0.104. The number of carbonyl (C=O) groups is 3. The van der Waals surface area contributed by atoms with Gasteiger partial charge in [0.25, 0.3) is 5.91 Å². The molecule has 1 fully saturated rings. The number of para-hydroxylation sites is 1. The molecule has 2 aliphatic rings. The van der Waals surface area contributed by atoms with Gasteiger partial charge in [-0.2, -0.15) is 0 Å². The lowest BCUT2D eigenvalue weighted by Crippen LogP contribution is -2.48. The van der Waals surface area contributed by atoms with Crippen LogP contribution in [0.25, 0.3) is 0 Å². The van der Waals surface area contributed by atoms with E-state index in [4.69, 9.17) is 4.74 Å². The average Bonchev–Trinajstić information content (AvgIpc) is 3.29. The summed E-state index contributed by atoms with van der Waals surface area (Å²) >= 11 is 1.32. The van der Waals surface area contributed by atoms with Crippen LogP contribution in [-0.4, -0.2) is 42.4 Å². The van der Waals surface area contributed by atoms with Crippen molar-refractivity contribution in [1.82, 2.24) is 0 Å². The minimum Gasteiger partial charge on any atom is -0.453 e. The van der Waals surface area contributed by atoms with Crippen molar-refractivity contribution in [1.29, 1.82) is 0 Å². The number of fused-ring (bicyclic) bond motifs is 3. The number of carbonyl (C=O) groups excluding carboxylic acids is 3. The van der Waals surface area contributed by atoms with Gasteiger partial charge in [-0.05, 0) is 50.2 Å². The molecule has 0 spiro atoms. The van der Waals surface area contributed by atoms with Crippen molar-refractivity contribution in [3.05, 3.63) is 48.5 Å². The Balaban J connectivity index is 1.38. The Hall–Kier alpha value is -3.00. The van der Waals surface area contributed by atoms with Crippen molar-refractivity contribution in [3.63, 3.8) is 0 Å². The second-order valence-electron chi connectivity index (χ2n) is 7.43. The van der Waals surface area contributed by atoms with Crippen LogP contribution in [-0.2, 0) is 19.1 Å². The van der Waals surface area contributed by atoms with Crippen LogP contribution >= 0.6 is 11.8 Å². The van der Waals surface area contributed by atoms with Gasteiger partial charge in [-0.3, -0.25) is 14.5 Å². The summed E-state index contributed by atoms with van der Waals surface area (Å²) in [6, 6.07) is 15.0. The number of nitrogens with zero attached hydrogens (tertiary/aromatic N) is 2. The number of amides is 2. The molecule has 2 aromatic carbocycles. The lowest BCUT2D eigenvalue weighted by atomic mass is 10.2. The number of benzene rings is 2. The number of rotatable bonds is 7. The molecule has 8 heteroatoms. The van der Waals surface area contributed by atoms with Crippen LogP contribution in [0.2, 0.25) is 0 Å². The molecule has 4 rings (SSSR count). The number of ether oxygens (including phenoxy) is 1. The van der Waals surface area contributed by atoms with Crippen LogP contribution in [0.4, 0.5) is 17.1 Å². The summed E-state index contributed by atoms with van der Waals surface area (Å²) in [5.74, 6) is -1.09. The van der Waals surface area contributed by atoms with E-state index in [0.29, 0.717) is 12.1 Å². The number of thioether (sulfide) groups is 1. The van der Waals surface area contributed by atoms with Crippen molar-refractivity contribution in [3.8, 4) is 0 Å². The van der Waals surface area contributed by atoms with E-state index >= 15 is 0 Å². The molecule has 0 unspecified atom stereocenters. The molecule has 1 saturated heterocycles. The van der Waals surface area contributed by atoms with E-state index in [9.17, 15) is 14.4 Å². The molecule has 2 aliphatic heterocycles. The molecule has 2 amide bonds. The molecule has 31 heavy (non-hydrogen) atoms. The normalized spacial score (nSPS) is 19.0. The first-order valence-electron chi connectivity index (χ1n) is 10.4. The first-order chi connectivity index (χ1) is 15.0. The van der Waals surface area contributed by atoms with E-state index in [2.05, 4.69) is 24.1 Å². The number of hydrogen-bond acceptors (Lipinski definition) is 6. The van der Waals surface area contributed by atoms with E-state index in [0.717, 1.165) is 29.4 Å². The van der Waals surface area contributed by atoms with Crippen molar-refractivity contribution in [2.24, 2.45) is 0 Å². The summed E-state index contributed by atoms with van der Waals surface area (Å²) in [5, 5.41) is 2.75. The quantitative estimate of drug-likeness (QED) is 0.664. The summed E-state index contributed by atoms with van der Waals surface area (Å²) in [4.78, 5) is 41.3. The highest BCUT2D eigenvalue weighted by Gasteiger charge is 2.58. The second-order valence-corrected chi connectivity index (χ2v) is 8.75. The highest BCUT2D eigenvalue weighted by Crippen LogP contribution is 2.56. The summed E-state index contributed by atoms with van der Waals surface area (Å²) in [5.41, 5.74) is 2.44. The van der Waals surface area contributed by atoms with Gasteiger partial charge < -0.3 is 15.0 Å². The van der Waals surface area contributed by atoms with E-state index in [-0.39, 0.29) is 12.3 Å². The zero-order chi connectivity index (χ0) is 22.0. The molecule has 2 heterocycles. The van der Waals surface area contributed by atoms with Gasteiger partial charge in [0.1, 0.15) is 0 Å². The van der Waals surface area contributed by atoms with Crippen LogP contribution in [0.1, 0.15) is 26.7 Å². The molecular formula is C23H25N3O4S. The molecule has 0 bridgehead atoms. The van der Waals surface area contributed by atoms with Gasteiger partial charge in [-0.25, -0.2) is 4.79 Å². The number of hydrogen-bond donors (Lipinski definition) is 1.